The highest BCUT2D eigenvalue weighted by Crippen LogP contribution is 2.76. The molecule has 0 radical (unpaired) electrons. The molecule has 0 spiro atoms. The largest absolute Gasteiger partial charge is 0.481 e. The minimum absolute atomic E-state index is 0.0321. The number of carboxylic acid groups (broad SMARTS) is 1. The van der Waals surface area contributed by atoms with E-state index in [9.17, 15) is 24.2 Å². The smallest absolute Gasteiger partial charge is 0.312 e. The molecule has 52 heavy (non-hydrogen) atoms. The maximum atomic E-state index is 14.0. The highest BCUT2D eigenvalue weighted by atomic mass is 19.1. The molecule has 7 aliphatic rings. The normalized spacial score (nSPS) is 45.0. The van der Waals surface area contributed by atoms with Gasteiger partial charge in [0, 0.05) is 18.6 Å². The zero-order valence-electron chi connectivity index (χ0n) is 33.5. The summed E-state index contributed by atoms with van der Waals surface area (Å²) in [6, 6.07) is 0. The first-order chi connectivity index (χ1) is 24.3. The fourth-order valence-corrected chi connectivity index (χ4v) is 14.7. The number of likely N-dealkylation sites (tertiary alicyclic amines) is 1. The van der Waals surface area contributed by atoms with Crippen molar-refractivity contribution in [3.8, 4) is 0 Å². The van der Waals surface area contributed by atoms with Crippen LogP contribution in [0.4, 0.5) is 4.39 Å². The van der Waals surface area contributed by atoms with Gasteiger partial charge in [0.1, 0.15) is 6.67 Å². The summed E-state index contributed by atoms with van der Waals surface area (Å²) >= 11 is 0. The Kier molecular flexibility index (Phi) is 9.41. The molecule has 7 rings (SSSR count). The molecule has 3 N–H and O–H groups in total. The minimum atomic E-state index is -1.26. The first-order valence-corrected chi connectivity index (χ1v) is 20.9. The number of piperidine rings is 1. The van der Waals surface area contributed by atoms with Gasteiger partial charge in [-0.15, -0.1) is 0 Å². The summed E-state index contributed by atoms with van der Waals surface area (Å²) in [7, 11) is 0. The summed E-state index contributed by atoms with van der Waals surface area (Å²) in [4.78, 5) is 27.5. The molecule has 290 valence electrons. The van der Waals surface area contributed by atoms with Crippen molar-refractivity contribution in [3.05, 3.63) is 35.5 Å². The number of aliphatic hydroxyl groups is 1. The van der Waals surface area contributed by atoms with E-state index in [0.29, 0.717) is 74.9 Å². The number of aliphatic carboxylic acids is 1. The number of amides is 1. The third-order valence-corrected chi connectivity index (χ3v) is 18.1. The highest BCUT2D eigenvalue weighted by Gasteiger charge is 2.70. The van der Waals surface area contributed by atoms with Crippen molar-refractivity contribution in [1.29, 1.82) is 0 Å². The first kappa shape index (κ1) is 38.3. The number of carbonyl (C=O) groups excluding carboxylic acids is 1. The maximum absolute atomic E-state index is 14.0. The lowest BCUT2D eigenvalue weighted by molar-refractivity contribution is -0.221. The molecule has 6 aliphatic carbocycles. The number of hydrogen-bond acceptors (Lipinski definition) is 4. The number of nitrogens with zero attached hydrogens (tertiary/aromatic N) is 1. The number of rotatable bonds is 7. The SMILES string of the molecule is C=C(C)C1CC[C@]2(NCC(=O)N3CCC(C)(O)CC3)CC[C@]3(C)[C@H](CC[C@@H]4[C@@]5(C)CC=C(C6=CC[C@](CF)(C(=O)O)CC6)C(C)(C)[C@@H]5CC[C@]43C)[C@@H]12. The summed E-state index contributed by atoms with van der Waals surface area (Å²) in [5, 5.41) is 24.3. The minimum Gasteiger partial charge on any atom is -0.481 e. The monoisotopic (exact) mass is 721 g/mol. The molecule has 0 bridgehead atoms. The number of alkyl halides is 1. The Morgan fingerprint density at radius 2 is 1.60 bits per heavy atom. The van der Waals surface area contributed by atoms with Crippen molar-refractivity contribution < 1.29 is 24.2 Å². The predicted molar refractivity (Wildman–Crippen MR) is 205 cm³/mol. The van der Waals surface area contributed by atoms with Gasteiger partial charge in [-0.25, -0.2) is 4.39 Å². The summed E-state index contributed by atoms with van der Waals surface area (Å²) in [5.41, 5.74) is 2.55. The average molecular weight is 721 g/mol. The molecule has 0 aromatic rings. The van der Waals surface area contributed by atoms with Crippen molar-refractivity contribution in [2.45, 2.75) is 149 Å². The molecule has 7 heteroatoms. The fraction of sp³-hybridized carbons (Fsp3) is 0.822. The second-order valence-electron chi connectivity index (χ2n) is 20.8. The Hall–Kier alpha value is -1.99. The molecule has 10 atom stereocenters. The molecule has 6 nitrogen and oxygen atoms in total. The highest BCUT2D eigenvalue weighted by molar-refractivity contribution is 5.78. The number of halogens is 1. The number of carboxylic acids is 1. The molecular weight excluding hydrogens is 652 g/mol. The average Bonchev–Trinajstić information content (AvgIpc) is 3.48. The lowest BCUT2D eigenvalue weighted by Gasteiger charge is -2.72. The topological polar surface area (TPSA) is 89.9 Å². The van der Waals surface area contributed by atoms with E-state index in [0.717, 1.165) is 25.7 Å². The first-order valence-electron chi connectivity index (χ1n) is 20.9. The van der Waals surface area contributed by atoms with Gasteiger partial charge in [-0.1, -0.05) is 58.9 Å². The van der Waals surface area contributed by atoms with E-state index in [1.165, 1.54) is 48.8 Å². The molecule has 0 aromatic heterocycles. The third-order valence-electron chi connectivity index (χ3n) is 18.1. The molecule has 0 aromatic carbocycles. The van der Waals surface area contributed by atoms with Crippen LogP contribution in [0.3, 0.4) is 0 Å². The van der Waals surface area contributed by atoms with E-state index in [-0.39, 0.29) is 39.5 Å². The van der Waals surface area contributed by atoms with Gasteiger partial charge >= 0.3 is 5.97 Å². The van der Waals surface area contributed by atoms with Crippen molar-refractivity contribution in [3.63, 3.8) is 0 Å². The van der Waals surface area contributed by atoms with E-state index >= 15 is 0 Å². The molecule has 1 heterocycles. The van der Waals surface area contributed by atoms with Crippen molar-refractivity contribution in [2.24, 2.45) is 56.7 Å². The zero-order valence-corrected chi connectivity index (χ0v) is 33.5. The Morgan fingerprint density at radius 1 is 0.885 bits per heavy atom. The Morgan fingerprint density at radius 3 is 2.21 bits per heavy atom. The van der Waals surface area contributed by atoms with E-state index in [4.69, 9.17) is 0 Å². The molecule has 1 amide bonds. The molecule has 1 aliphatic heterocycles. The van der Waals surface area contributed by atoms with Gasteiger partial charge in [0.15, 0.2) is 0 Å². The van der Waals surface area contributed by atoms with E-state index in [2.05, 4.69) is 65.6 Å². The summed E-state index contributed by atoms with van der Waals surface area (Å²) in [6.45, 7) is 22.4. The lowest BCUT2D eigenvalue weighted by Crippen LogP contribution is -2.68. The number of carbonyl (C=O) groups is 2. The van der Waals surface area contributed by atoms with Gasteiger partial charge in [-0.3, -0.25) is 9.59 Å². The van der Waals surface area contributed by atoms with Crippen LogP contribution in [-0.4, -0.2) is 64.4 Å². The second kappa shape index (κ2) is 12.8. The van der Waals surface area contributed by atoms with Gasteiger partial charge in [0.25, 0.3) is 0 Å². The number of allylic oxidation sites excluding steroid dienone is 5. The molecule has 1 unspecified atom stereocenters. The predicted octanol–water partition coefficient (Wildman–Crippen LogP) is 9.05. The standard InChI is InChI=1S/C45H69FN2O4/c1-29(2)31-13-20-45(47-27-36(49)48-25-23-40(5,52)24-26-48)22-21-42(7)33(37(31)45)9-10-35-41(6)16-14-32(39(3,4)34(41)15-17-43(35,42)8)30-11-18-44(28-46,19-12-30)38(50)51/h11,14,31,33-35,37,47,52H,1,9-10,12-13,15-28H2,2-8H3,(H,50,51)/t31?,33-,34+,35-,37-,41+,42-,43-,44+,45+/m1/s1. The van der Waals surface area contributed by atoms with Crippen LogP contribution >= 0.6 is 0 Å². The van der Waals surface area contributed by atoms with Crippen LogP contribution in [0.5, 0.6) is 0 Å². The molecular formula is C45H69FN2O4. The summed E-state index contributed by atoms with van der Waals surface area (Å²) in [5.74, 6) is 1.87. The van der Waals surface area contributed by atoms with Crippen LogP contribution in [0.1, 0.15) is 138 Å². The Labute approximate surface area is 313 Å². The van der Waals surface area contributed by atoms with Gasteiger partial charge in [0.2, 0.25) is 5.91 Å². The quantitative estimate of drug-likeness (QED) is 0.229. The van der Waals surface area contributed by atoms with Crippen LogP contribution in [-0.2, 0) is 9.59 Å². The van der Waals surface area contributed by atoms with Crippen LogP contribution in [0.15, 0.2) is 35.5 Å². The van der Waals surface area contributed by atoms with Crippen molar-refractivity contribution >= 4 is 11.9 Å². The van der Waals surface area contributed by atoms with Crippen LogP contribution in [0.2, 0.25) is 0 Å². The number of nitrogens with one attached hydrogen (secondary N) is 1. The van der Waals surface area contributed by atoms with Crippen molar-refractivity contribution in [1.82, 2.24) is 10.2 Å². The van der Waals surface area contributed by atoms with E-state index in [1.54, 1.807) is 0 Å². The fourth-order valence-electron chi connectivity index (χ4n) is 14.7. The van der Waals surface area contributed by atoms with Gasteiger partial charge in [-0.05, 0) is 166 Å². The Bertz CT molecular complexity index is 1540. The summed E-state index contributed by atoms with van der Waals surface area (Å²) in [6.07, 6.45) is 17.7. The number of hydrogen-bond donors (Lipinski definition) is 3. The van der Waals surface area contributed by atoms with Gasteiger partial charge in [0.05, 0.1) is 17.6 Å². The third kappa shape index (κ3) is 5.57. The van der Waals surface area contributed by atoms with Gasteiger partial charge in [-0.2, -0.15) is 0 Å². The van der Waals surface area contributed by atoms with Crippen LogP contribution in [0.25, 0.3) is 0 Å². The van der Waals surface area contributed by atoms with Crippen LogP contribution in [0, 0.1) is 56.7 Å². The maximum Gasteiger partial charge on any atom is 0.312 e. The summed E-state index contributed by atoms with van der Waals surface area (Å²) < 4.78 is 14.0. The van der Waals surface area contributed by atoms with Crippen molar-refractivity contribution in [2.75, 3.05) is 26.3 Å². The lowest BCUT2D eigenvalue weighted by atomic mass is 9.33. The van der Waals surface area contributed by atoms with E-state index < -0.39 is 23.7 Å². The Balaban J connectivity index is 1.14. The van der Waals surface area contributed by atoms with E-state index in [1.807, 2.05) is 11.8 Å². The molecule has 5 fully saturated rings. The second-order valence-corrected chi connectivity index (χ2v) is 20.8. The zero-order chi connectivity index (χ0) is 37.7. The molecule has 4 saturated carbocycles. The van der Waals surface area contributed by atoms with Crippen LogP contribution < -0.4 is 5.32 Å². The van der Waals surface area contributed by atoms with Gasteiger partial charge < -0.3 is 20.4 Å². The molecule has 1 saturated heterocycles. The number of fused-ring (bicyclic) bond motifs is 7.